The molecular formula is C14H18O3. The van der Waals surface area contributed by atoms with E-state index in [1.807, 2.05) is 6.92 Å². The molecule has 0 amide bonds. The Morgan fingerprint density at radius 1 is 1.35 bits per heavy atom. The Labute approximate surface area is 101 Å². The molecule has 2 rings (SSSR count). The summed E-state index contributed by atoms with van der Waals surface area (Å²) in [6.07, 6.45) is 2.79. The summed E-state index contributed by atoms with van der Waals surface area (Å²) in [6, 6.07) is 7.16. The highest BCUT2D eigenvalue weighted by Gasteiger charge is 2.26. The van der Waals surface area contributed by atoms with Gasteiger partial charge in [0.2, 0.25) is 0 Å². The second-order valence-corrected chi connectivity index (χ2v) is 4.46. The highest BCUT2D eigenvalue weighted by molar-refractivity contribution is 5.95. The molecule has 3 nitrogen and oxygen atoms in total. The summed E-state index contributed by atoms with van der Waals surface area (Å²) in [4.78, 5) is 11.4. The zero-order valence-electron chi connectivity index (χ0n) is 10.1. The molecule has 1 aliphatic rings. The molecule has 0 bridgehead atoms. The molecule has 2 atom stereocenters. The Balaban J connectivity index is 2.00. The number of hydrogen-bond acceptors (Lipinski definition) is 3. The number of carbonyl (C=O) groups excluding carboxylic acids is 1. The first kappa shape index (κ1) is 12.1. The maximum absolute atomic E-state index is 11.4. The SMILES string of the molecule is CCC(=O)c1ccc(OC2CCCC2O)cc1. The molecule has 0 spiro atoms. The maximum Gasteiger partial charge on any atom is 0.162 e. The van der Waals surface area contributed by atoms with Gasteiger partial charge in [-0.05, 0) is 43.5 Å². The number of aliphatic hydroxyl groups excluding tert-OH is 1. The Bertz CT molecular complexity index is 383. The van der Waals surface area contributed by atoms with E-state index < -0.39 is 0 Å². The molecule has 0 heterocycles. The predicted molar refractivity (Wildman–Crippen MR) is 65.3 cm³/mol. The van der Waals surface area contributed by atoms with Crippen molar-refractivity contribution in [2.75, 3.05) is 0 Å². The van der Waals surface area contributed by atoms with Crippen molar-refractivity contribution in [3.8, 4) is 5.75 Å². The molecule has 17 heavy (non-hydrogen) atoms. The van der Waals surface area contributed by atoms with Gasteiger partial charge in [0.15, 0.2) is 5.78 Å². The molecular weight excluding hydrogens is 216 g/mol. The first-order valence-electron chi connectivity index (χ1n) is 6.18. The fraction of sp³-hybridized carbons (Fsp3) is 0.500. The lowest BCUT2D eigenvalue weighted by atomic mass is 10.1. The predicted octanol–water partition coefficient (Wildman–Crippen LogP) is 2.57. The lowest BCUT2D eigenvalue weighted by Crippen LogP contribution is -2.25. The minimum atomic E-state index is -0.355. The highest BCUT2D eigenvalue weighted by Crippen LogP contribution is 2.24. The summed E-state index contributed by atoms with van der Waals surface area (Å²) >= 11 is 0. The van der Waals surface area contributed by atoms with Gasteiger partial charge in [-0.3, -0.25) is 4.79 Å². The number of rotatable bonds is 4. The van der Waals surface area contributed by atoms with E-state index in [1.54, 1.807) is 24.3 Å². The van der Waals surface area contributed by atoms with Crippen LogP contribution in [0.2, 0.25) is 0 Å². The molecule has 92 valence electrons. The minimum absolute atomic E-state index is 0.0947. The monoisotopic (exact) mass is 234 g/mol. The first-order valence-corrected chi connectivity index (χ1v) is 6.18. The maximum atomic E-state index is 11.4. The lowest BCUT2D eigenvalue weighted by Gasteiger charge is -2.17. The van der Waals surface area contributed by atoms with E-state index in [0.29, 0.717) is 12.0 Å². The molecule has 1 aliphatic carbocycles. The fourth-order valence-corrected chi connectivity index (χ4v) is 2.14. The molecule has 1 fully saturated rings. The minimum Gasteiger partial charge on any atom is -0.488 e. The molecule has 2 unspecified atom stereocenters. The summed E-state index contributed by atoms with van der Waals surface area (Å²) in [7, 11) is 0. The van der Waals surface area contributed by atoms with Crippen molar-refractivity contribution in [3.63, 3.8) is 0 Å². The first-order chi connectivity index (χ1) is 8.20. The number of Topliss-reactive ketones (excluding diaryl/α,β-unsaturated/α-hetero) is 1. The lowest BCUT2D eigenvalue weighted by molar-refractivity contribution is 0.0604. The van der Waals surface area contributed by atoms with Gasteiger partial charge in [0.1, 0.15) is 11.9 Å². The number of ether oxygens (including phenoxy) is 1. The van der Waals surface area contributed by atoms with E-state index >= 15 is 0 Å². The van der Waals surface area contributed by atoms with E-state index in [2.05, 4.69) is 0 Å². The second kappa shape index (κ2) is 5.32. The van der Waals surface area contributed by atoms with Gasteiger partial charge in [-0.15, -0.1) is 0 Å². The van der Waals surface area contributed by atoms with Gasteiger partial charge in [-0.2, -0.15) is 0 Å². The molecule has 0 saturated heterocycles. The van der Waals surface area contributed by atoms with Crippen LogP contribution in [0.4, 0.5) is 0 Å². The van der Waals surface area contributed by atoms with Crippen LogP contribution in [0.25, 0.3) is 0 Å². The summed E-state index contributed by atoms with van der Waals surface area (Å²) < 4.78 is 5.69. The van der Waals surface area contributed by atoms with Gasteiger partial charge in [-0.1, -0.05) is 6.92 Å². The number of aliphatic hydroxyl groups is 1. The van der Waals surface area contributed by atoms with Crippen molar-refractivity contribution in [1.29, 1.82) is 0 Å². The van der Waals surface area contributed by atoms with Gasteiger partial charge >= 0.3 is 0 Å². The van der Waals surface area contributed by atoms with Crippen LogP contribution in [-0.2, 0) is 0 Å². The van der Waals surface area contributed by atoms with E-state index in [-0.39, 0.29) is 18.0 Å². The largest absolute Gasteiger partial charge is 0.488 e. The average Bonchev–Trinajstić information content (AvgIpc) is 2.75. The van der Waals surface area contributed by atoms with Crippen LogP contribution < -0.4 is 4.74 Å². The quantitative estimate of drug-likeness (QED) is 0.814. The number of carbonyl (C=O) groups is 1. The van der Waals surface area contributed by atoms with Crippen LogP contribution in [0.3, 0.4) is 0 Å². The van der Waals surface area contributed by atoms with Gasteiger partial charge in [0.25, 0.3) is 0 Å². The number of hydrogen-bond donors (Lipinski definition) is 1. The number of ketones is 1. The van der Waals surface area contributed by atoms with E-state index in [1.165, 1.54) is 0 Å². The molecule has 0 aliphatic heterocycles. The van der Waals surface area contributed by atoms with Crippen LogP contribution in [0.5, 0.6) is 5.75 Å². The van der Waals surface area contributed by atoms with Gasteiger partial charge in [0, 0.05) is 12.0 Å². The third kappa shape index (κ3) is 2.86. The molecule has 1 aromatic rings. The normalized spacial score (nSPS) is 23.6. The van der Waals surface area contributed by atoms with E-state index in [4.69, 9.17) is 4.74 Å². The van der Waals surface area contributed by atoms with Gasteiger partial charge in [-0.25, -0.2) is 0 Å². The molecule has 3 heteroatoms. The summed E-state index contributed by atoms with van der Waals surface area (Å²) in [5, 5.41) is 9.65. The standard InChI is InChI=1S/C14H18O3/c1-2-12(15)10-6-8-11(9-7-10)17-14-5-3-4-13(14)16/h6-9,13-14,16H,2-5H2,1H3. The third-order valence-corrected chi connectivity index (χ3v) is 3.20. The zero-order valence-corrected chi connectivity index (χ0v) is 10.1. The Hall–Kier alpha value is -1.35. The van der Waals surface area contributed by atoms with Crippen LogP contribution >= 0.6 is 0 Å². The second-order valence-electron chi connectivity index (χ2n) is 4.46. The van der Waals surface area contributed by atoms with E-state index in [0.717, 1.165) is 25.0 Å². The van der Waals surface area contributed by atoms with Crippen LogP contribution in [0.15, 0.2) is 24.3 Å². The topological polar surface area (TPSA) is 46.5 Å². The molecule has 1 aromatic carbocycles. The third-order valence-electron chi connectivity index (χ3n) is 3.20. The summed E-state index contributed by atoms with van der Waals surface area (Å²) in [6.45, 7) is 1.85. The number of benzene rings is 1. The van der Waals surface area contributed by atoms with E-state index in [9.17, 15) is 9.90 Å². The van der Waals surface area contributed by atoms with Crippen LogP contribution in [0.1, 0.15) is 43.0 Å². The smallest absolute Gasteiger partial charge is 0.162 e. The highest BCUT2D eigenvalue weighted by atomic mass is 16.5. The Morgan fingerprint density at radius 3 is 2.59 bits per heavy atom. The average molecular weight is 234 g/mol. The summed E-state index contributed by atoms with van der Waals surface area (Å²) in [5.41, 5.74) is 0.715. The van der Waals surface area contributed by atoms with Crippen molar-refractivity contribution >= 4 is 5.78 Å². The molecule has 0 radical (unpaired) electrons. The van der Waals surface area contributed by atoms with Crippen molar-refractivity contribution in [1.82, 2.24) is 0 Å². The van der Waals surface area contributed by atoms with Gasteiger partial charge in [0.05, 0.1) is 6.10 Å². The van der Waals surface area contributed by atoms with Crippen molar-refractivity contribution in [3.05, 3.63) is 29.8 Å². The van der Waals surface area contributed by atoms with Crippen molar-refractivity contribution < 1.29 is 14.6 Å². The molecule has 1 saturated carbocycles. The van der Waals surface area contributed by atoms with Crippen molar-refractivity contribution in [2.45, 2.75) is 44.8 Å². The van der Waals surface area contributed by atoms with Crippen molar-refractivity contribution in [2.24, 2.45) is 0 Å². The Kier molecular flexibility index (Phi) is 3.79. The fourth-order valence-electron chi connectivity index (χ4n) is 2.14. The Morgan fingerprint density at radius 2 is 2.06 bits per heavy atom. The van der Waals surface area contributed by atoms with Crippen LogP contribution in [-0.4, -0.2) is 23.1 Å². The molecule has 1 N–H and O–H groups in total. The summed E-state index contributed by atoms with van der Waals surface area (Å²) in [5.74, 6) is 0.862. The van der Waals surface area contributed by atoms with Gasteiger partial charge < -0.3 is 9.84 Å². The molecule has 0 aromatic heterocycles. The zero-order chi connectivity index (χ0) is 12.3. The van der Waals surface area contributed by atoms with Crippen LogP contribution in [0, 0.1) is 0 Å².